The second kappa shape index (κ2) is 12.1. The monoisotopic (exact) mass is 380 g/mol. The van der Waals surface area contributed by atoms with Gasteiger partial charge in [0, 0.05) is 18.1 Å². The fraction of sp³-hybridized carbons (Fsp3) is 0.440. The Morgan fingerprint density at radius 3 is 2.39 bits per heavy atom. The van der Waals surface area contributed by atoms with Crippen molar-refractivity contribution < 1.29 is 14.6 Å². The molecule has 1 fully saturated rings. The van der Waals surface area contributed by atoms with E-state index in [9.17, 15) is 5.11 Å². The minimum absolute atomic E-state index is 0.0444. The highest BCUT2D eigenvalue weighted by Crippen LogP contribution is 2.34. The van der Waals surface area contributed by atoms with Gasteiger partial charge in [0.2, 0.25) is 0 Å². The molecule has 0 saturated heterocycles. The van der Waals surface area contributed by atoms with Crippen LogP contribution in [0.25, 0.3) is 0 Å². The third kappa shape index (κ3) is 6.32. The first-order valence-electron chi connectivity index (χ1n) is 10.3. The van der Waals surface area contributed by atoms with Gasteiger partial charge in [0.25, 0.3) is 0 Å². The number of aliphatic hydroxyl groups is 1. The molecule has 1 atom stereocenters. The second-order valence-corrected chi connectivity index (χ2v) is 6.63. The number of rotatable bonds is 6. The van der Waals surface area contributed by atoms with Crippen LogP contribution in [0.2, 0.25) is 0 Å². The number of ether oxygens (including phenoxy) is 2. The molecule has 0 heterocycles. The first-order valence-corrected chi connectivity index (χ1v) is 10.3. The van der Waals surface area contributed by atoms with E-state index in [1.165, 1.54) is 12.8 Å². The molecule has 1 saturated carbocycles. The number of hydrogen-bond acceptors (Lipinski definition) is 3. The highest BCUT2D eigenvalue weighted by atomic mass is 16.5. The first-order chi connectivity index (χ1) is 13.8. The van der Waals surface area contributed by atoms with Gasteiger partial charge in [0.15, 0.2) is 11.5 Å². The molecule has 0 spiro atoms. The summed E-state index contributed by atoms with van der Waals surface area (Å²) >= 11 is 0. The van der Waals surface area contributed by atoms with Crippen LogP contribution in [0.5, 0.6) is 11.5 Å². The van der Waals surface area contributed by atoms with E-state index in [0.29, 0.717) is 6.42 Å². The van der Waals surface area contributed by atoms with Crippen LogP contribution in [0, 0.1) is 11.8 Å². The summed E-state index contributed by atoms with van der Waals surface area (Å²) in [5, 5.41) is 9.47. The summed E-state index contributed by atoms with van der Waals surface area (Å²) in [6.07, 6.45) is 5.51. The average molecular weight is 381 g/mol. The molecule has 0 aromatic heterocycles. The molecule has 0 bridgehead atoms. The van der Waals surface area contributed by atoms with Crippen LogP contribution in [-0.2, 0) is 0 Å². The summed E-state index contributed by atoms with van der Waals surface area (Å²) < 4.78 is 11.7. The zero-order valence-corrected chi connectivity index (χ0v) is 17.3. The Bertz CT molecular complexity index is 752. The van der Waals surface area contributed by atoms with E-state index in [1.807, 2.05) is 62.4 Å². The van der Waals surface area contributed by atoms with Crippen LogP contribution < -0.4 is 9.47 Å². The Morgan fingerprint density at radius 1 is 1.04 bits per heavy atom. The molecule has 3 nitrogen and oxygen atoms in total. The van der Waals surface area contributed by atoms with Gasteiger partial charge in [-0.05, 0) is 61.9 Å². The van der Waals surface area contributed by atoms with Gasteiger partial charge in [-0.2, -0.15) is 0 Å². The summed E-state index contributed by atoms with van der Waals surface area (Å²) in [6.45, 7) is 4.10. The molecule has 1 aliphatic rings. The predicted molar refractivity (Wildman–Crippen MR) is 115 cm³/mol. The Balaban J connectivity index is 0.00000136. The van der Waals surface area contributed by atoms with Crippen LogP contribution >= 0.6 is 0 Å². The molecule has 2 aromatic rings. The molecule has 0 radical (unpaired) electrons. The Morgan fingerprint density at radius 2 is 1.75 bits per heavy atom. The first kappa shape index (κ1) is 21.9. The van der Waals surface area contributed by atoms with Gasteiger partial charge < -0.3 is 14.6 Å². The summed E-state index contributed by atoms with van der Waals surface area (Å²) in [5.41, 5.74) is 2.03. The lowest BCUT2D eigenvalue weighted by Crippen LogP contribution is -2.12. The molecule has 1 unspecified atom stereocenters. The molecule has 28 heavy (non-hydrogen) atoms. The lowest BCUT2D eigenvalue weighted by atomic mass is 9.95. The molecular formula is C25H32O3. The van der Waals surface area contributed by atoms with Crippen molar-refractivity contribution in [2.24, 2.45) is 0 Å². The van der Waals surface area contributed by atoms with Gasteiger partial charge in [-0.3, -0.25) is 0 Å². The van der Waals surface area contributed by atoms with Gasteiger partial charge in [-0.15, -0.1) is 0 Å². The lowest BCUT2D eigenvalue weighted by Gasteiger charge is -2.18. The SMILES string of the molecule is CC.COc1ccc(C(C#Cc2ccccc2)CCO)cc1OC1CCCC1. The quantitative estimate of drug-likeness (QED) is 0.667. The van der Waals surface area contributed by atoms with Crippen molar-refractivity contribution in [1.29, 1.82) is 0 Å². The smallest absolute Gasteiger partial charge is 0.161 e. The number of aliphatic hydroxyl groups excluding tert-OH is 1. The largest absolute Gasteiger partial charge is 0.493 e. The molecule has 2 aromatic carbocycles. The van der Waals surface area contributed by atoms with Gasteiger partial charge in [0.05, 0.1) is 13.2 Å². The van der Waals surface area contributed by atoms with Gasteiger partial charge in [-0.1, -0.05) is 50.0 Å². The molecule has 150 valence electrons. The minimum Gasteiger partial charge on any atom is -0.493 e. The third-order valence-corrected chi connectivity index (χ3v) is 4.77. The highest BCUT2D eigenvalue weighted by molar-refractivity contribution is 5.46. The Labute approximate surface area is 169 Å². The minimum atomic E-state index is -0.0444. The van der Waals surface area contributed by atoms with Crippen LogP contribution in [0.4, 0.5) is 0 Å². The summed E-state index contributed by atoms with van der Waals surface area (Å²) in [7, 11) is 1.66. The lowest BCUT2D eigenvalue weighted by molar-refractivity contribution is 0.200. The van der Waals surface area contributed by atoms with E-state index in [0.717, 1.165) is 35.5 Å². The second-order valence-electron chi connectivity index (χ2n) is 6.63. The standard InChI is InChI=1S/C23H26O3.C2H6/c1-25-22-14-13-20(17-23(22)26-21-9-5-6-10-21)19(15-16-24)12-11-18-7-3-2-4-8-18;1-2/h2-4,7-8,13-14,17,19,21,24H,5-6,9-10,15-16H2,1H3;1-2H3. The fourth-order valence-corrected chi connectivity index (χ4v) is 3.33. The third-order valence-electron chi connectivity index (χ3n) is 4.77. The number of methoxy groups -OCH3 is 1. The van der Waals surface area contributed by atoms with Crippen molar-refractivity contribution in [3.8, 4) is 23.3 Å². The van der Waals surface area contributed by atoms with Gasteiger partial charge in [0.1, 0.15) is 0 Å². The summed E-state index contributed by atoms with van der Waals surface area (Å²) in [4.78, 5) is 0. The van der Waals surface area contributed by atoms with E-state index in [-0.39, 0.29) is 18.6 Å². The van der Waals surface area contributed by atoms with Crippen molar-refractivity contribution in [1.82, 2.24) is 0 Å². The number of hydrogen-bond donors (Lipinski definition) is 1. The van der Waals surface area contributed by atoms with Crippen LogP contribution in [0.1, 0.15) is 63.0 Å². The summed E-state index contributed by atoms with van der Waals surface area (Å²) in [5.74, 6) is 8.01. The van der Waals surface area contributed by atoms with E-state index in [4.69, 9.17) is 9.47 Å². The van der Waals surface area contributed by atoms with Crippen LogP contribution in [0.3, 0.4) is 0 Å². The molecule has 1 N–H and O–H groups in total. The molecule has 3 heteroatoms. The molecule has 3 rings (SSSR count). The van der Waals surface area contributed by atoms with Crippen molar-refractivity contribution in [2.45, 2.75) is 58.0 Å². The van der Waals surface area contributed by atoms with Crippen molar-refractivity contribution in [2.75, 3.05) is 13.7 Å². The van der Waals surface area contributed by atoms with Crippen LogP contribution in [0.15, 0.2) is 48.5 Å². The fourth-order valence-electron chi connectivity index (χ4n) is 3.33. The van der Waals surface area contributed by atoms with Crippen LogP contribution in [-0.4, -0.2) is 24.9 Å². The molecule has 0 aliphatic heterocycles. The molecular weight excluding hydrogens is 348 g/mol. The van der Waals surface area contributed by atoms with E-state index in [1.54, 1.807) is 7.11 Å². The maximum absolute atomic E-state index is 9.47. The van der Waals surface area contributed by atoms with E-state index < -0.39 is 0 Å². The zero-order chi connectivity index (χ0) is 20.2. The Hall–Kier alpha value is -2.44. The van der Waals surface area contributed by atoms with Gasteiger partial charge >= 0.3 is 0 Å². The normalized spacial score (nSPS) is 14.3. The topological polar surface area (TPSA) is 38.7 Å². The van der Waals surface area contributed by atoms with E-state index in [2.05, 4.69) is 11.8 Å². The molecule has 1 aliphatic carbocycles. The maximum Gasteiger partial charge on any atom is 0.161 e. The summed E-state index contributed by atoms with van der Waals surface area (Å²) in [6, 6.07) is 15.9. The number of benzene rings is 2. The highest BCUT2D eigenvalue weighted by Gasteiger charge is 2.19. The maximum atomic E-state index is 9.47. The van der Waals surface area contributed by atoms with E-state index >= 15 is 0 Å². The van der Waals surface area contributed by atoms with Crippen molar-refractivity contribution in [3.05, 3.63) is 59.7 Å². The average Bonchev–Trinajstić information content (AvgIpc) is 3.26. The van der Waals surface area contributed by atoms with Crippen molar-refractivity contribution >= 4 is 0 Å². The van der Waals surface area contributed by atoms with Crippen molar-refractivity contribution in [3.63, 3.8) is 0 Å². The predicted octanol–water partition coefficient (Wildman–Crippen LogP) is 5.56. The zero-order valence-electron chi connectivity index (χ0n) is 17.3. The Kier molecular flexibility index (Phi) is 9.45. The molecule has 0 amide bonds. The van der Waals surface area contributed by atoms with Gasteiger partial charge in [-0.25, -0.2) is 0 Å².